The van der Waals surface area contributed by atoms with Crippen LogP contribution in [0.1, 0.15) is 18.4 Å². The zero-order valence-electron chi connectivity index (χ0n) is 10.1. The molecule has 1 N–H and O–H groups in total. The highest BCUT2D eigenvalue weighted by Crippen LogP contribution is 2.20. The minimum atomic E-state index is -3.33. The number of rotatable bonds is 4. The Morgan fingerprint density at radius 2 is 2.28 bits per heavy atom. The molecule has 4 nitrogen and oxygen atoms in total. The Labute approximate surface area is 121 Å². The van der Waals surface area contributed by atoms with Gasteiger partial charge in [-0.05, 0) is 60.1 Å². The molecule has 0 saturated carbocycles. The molecule has 1 aromatic rings. The third-order valence-electron chi connectivity index (χ3n) is 2.87. The summed E-state index contributed by atoms with van der Waals surface area (Å²) >= 11 is 2.19. The summed E-state index contributed by atoms with van der Waals surface area (Å²) in [6.45, 7) is 2.66. The molecular weight excluding hydrogens is 365 g/mol. The van der Waals surface area contributed by atoms with Crippen molar-refractivity contribution in [2.45, 2.75) is 25.9 Å². The predicted molar refractivity (Wildman–Crippen MR) is 80.3 cm³/mol. The molecule has 0 radical (unpaired) electrons. The number of benzene rings is 1. The van der Waals surface area contributed by atoms with Gasteiger partial charge in [0.1, 0.15) is 0 Å². The normalized spacial score (nSPS) is 20.0. The van der Waals surface area contributed by atoms with Gasteiger partial charge in [0.2, 0.25) is 10.0 Å². The van der Waals surface area contributed by atoms with E-state index in [1.54, 1.807) is 6.07 Å². The molecule has 0 aliphatic carbocycles. The summed E-state index contributed by atoms with van der Waals surface area (Å²) in [5, 5.41) is 0. The number of sulfonamides is 1. The topological polar surface area (TPSA) is 55.4 Å². The molecule has 0 bridgehead atoms. The molecule has 1 saturated heterocycles. The molecule has 100 valence electrons. The smallest absolute Gasteiger partial charge is 0.235 e. The van der Waals surface area contributed by atoms with Crippen LogP contribution >= 0.6 is 22.6 Å². The fourth-order valence-corrected chi connectivity index (χ4v) is 3.74. The Morgan fingerprint density at radius 3 is 2.89 bits per heavy atom. The summed E-state index contributed by atoms with van der Waals surface area (Å²) in [7, 11) is -3.33. The molecule has 1 unspecified atom stereocenters. The molecule has 1 fully saturated rings. The second-order valence-electron chi connectivity index (χ2n) is 4.48. The Kier molecular flexibility index (Phi) is 4.50. The van der Waals surface area contributed by atoms with Gasteiger partial charge in [0.15, 0.2) is 0 Å². The van der Waals surface area contributed by atoms with Crippen LogP contribution in [0.25, 0.3) is 0 Å². The van der Waals surface area contributed by atoms with Crippen LogP contribution in [0.4, 0.5) is 5.69 Å². The highest BCUT2D eigenvalue weighted by molar-refractivity contribution is 14.1. The predicted octanol–water partition coefficient (Wildman–Crippen LogP) is 2.52. The van der Waals surface area contributed by atoms with E-state index in [4.69, 9.17) is 4.74 Å². The van der Waals surface area contributed by atoms with E-state index < -0.39 is 10.0 Å². The summed E-state index contributed by atoms with van der Waals surface area (Å²) in [5.41, 5.74) is 1.75. The first kappa shape index (κ1) is 14.1. The molecule has 0 amide bonds. The van der Waals surface area contributed by atoms with Gasteiger partial charge in [0.25, 0.3) is 0 Å². The van der Waals surface area contributed by atoms with Crippen LogP contribution in [-0.4, -0.2) is 26.9 Å². The van der Waals surface area contributed by atoms with Crippen LogP contribution in [-0.2, 0) is 14.8 Å². The van der Waals surface area contributed by atoms with Crippen LogP contribution in [0.2, 0.25) is 0 Å². The maximum atomic E-state index is 12.0. The third-order valence-corrected chi connectivity index (χ3v) is 5.39. The van der Waals surface area contributed by atoms with Gasteiger partial charge in [-0.1, -0.05) is 6.07 Å². The lowest BCUT2D eigenvalue weighted by molar-refractivity contribution is 0.127. The zero-order valence-corrected chi connectivity index (χ0v) is 13.1. The van der Waals surface area contributed by atoms with Gasteiger partial charge < -0.3 is 4.74 Å². The van der Waals surface area contributed by atoms with Crippen LogP contribution in [0.3, 0.4) is 0 Å². The minimum Gasteiger partial charge on any atom is -0.377 e. The summed E-state index contributed by atoms with van der Waals surface area (Å²) in [6.07, 6.45) is 1.61. The number of aryl methyl sites for hydroxylation is 1. The van der Waals surface area contributed by atoms with E-state index in [9.17, 15) is 8.42 Å². The largest absolute Gasteiger partial charge is 0.377 e. The van der Waals surface area contributed by atoms with E-state index in [1.165, 1.54) is 0 Å². The number of hydrogen-bond donors (Lipinski definition) is 1. The average Bonchev–Trinajstić information content (AvgIpc) is 2.75. The zero-order chi connectivity index (χ0) is 13.2. The van der Waals surface area contributed by atoms with Crippen molar-refractivity contribution in [3.63, 3.8) is 0 Å². The van der Waals surface area contributed by atoms with E-state index in [-0.39, 0.29) is 11.9 Å². The molecule has 2 rings (SSSR count). The van der Waals surface area contributed by atoms with E-state index >= 15 is 0 Å². The van der Waals surface area contributed by atoms with Crippen molar-refractivity contribution < 1.29 is 13.2 Å². The summed E-state index contributed by atoms with van der Waals surface area (Å²) < 4.78 is 32.9. The SMILES string of the molecule is Cc1ccc(NS(=O)(=O)CC2CCCO2)cc1I. The van der Waals surface area contributed by atoms with Crippen molar-refractivity contribution in [2.75, 3.05) is 17.1 Å². The first-order valence-corrected chi connectivity index (χ1v) is 8.58. The Hall–Kier alpha value is -0.340. The highest BCUT2D eigenvalue weighted by atomic mass is 127. The number of halogens is 1. The highest BCUT2D eigenvalue weighted by Gasteiger charge is 2.23. The van der Waals surface area contributed by atoms with Crippen LogP contribution < -0.4 is 4.72 Å². The number of anilines is 1. The van der Waals surface area contributed by atoms with Gasteiger partial charge in [0.05, 0.1) is 11.9 Å². The van der Waals surface area contributed by atoms with E-state index in [0.29, 0.717) is 12.3 Å². The van der Waals surface area contributed by atoms with Crippen molar-refractivity contribution in [1.29, 1.82) is 0 Å². The fraction of sp³-hybridized carbons (Fsp3) is 0.500. The summed E-state index contributed by atoms with van der Waals surface area (Å²) in [4.78, 5) is 0. The third kappa shape index (κ3) is 3.83. The van der Waals surface area contributed by atoms with Gasteiger partial charge in [-0.25, -0.2) is 8.42 Å². The van der Waals surface area contributed by atoms with Crippen molar-refractivity contribution >= 4 is 38.3 Å². The molecule has 18 heavy (non-hydrogen) atoms. The molecule has 1 atom stereocenters. The van der Waals surface area contributed by atoms with Crippen molar-refractivity contribution in [1.82, 2.24) is 0 Å². The Balaban J connectivity index is 2.04. The lowest BCUT2D eigenvalue weighted by atomic mass is 10.2. The second-order valence-corrected chi connectivity index (χ2v) is 7.41. The second kappa shape index (κ2) is 5.75. The van der Waals surface area contributed by atoms with Gasteiger partial charge >= 0.3 is 0 Å². The van der Waals surface area contributed by atoms with Gasteiger partial charge in [-0.2, -0.15) is 0 Å². The molecule has 1 aliphatic rings. The van der Waals surface area contributed by atoms with E-state index in [2.05, 4.69) is 27.3 Å². The first-order valence-electron chi connectivity index (χ1n) is 5.84. The lowest BCUT2D eigenvalue weighted by Crippen LogP contribution is -2.25. The molecular formula is C12H16INO3S. The molecule has 0 spiro atoms. The molecule has 6 heteroatoms. The van der Waals surface area contributed by atoms with E-state index in [0.717, 1.165) is 22.0 Å². The Morgan fingerprint density at radius 1 is 1.50 bits per heavy atom. The van der Waals surface area contributed by atoms with Crippen molar-refractivity contribution in [2.24, 2.45) is 0 Å². The van der Waals surface area contributed by atoms with Gasteiger partial charge in [0, 0.05) is 15.9 Å². The van der Waals surface area contributed by atoms with Crippen molar-refractivity contribution in [3.05, 3.63) is 27.3 Å². The van der Waals surface area contributed by atoms with Crippen LogP contribution in [0, 0.1) is 10.5 Å². The monoisotopic (exact) mass is 381 g/mol. The maximum Gasteiger partial charge on any atom is 0.235 e. The summed E-state index contributed by atoms with van der Waals surface area (Å²) in [6, 6.07) is 5.53. The standard InChI is InChI=1S/C12H16INO3S/c1-9-4-5-10(7-12(9)13)14-18(15,16)8-11-3-2-6-17-11/h4-5,7,11,14H,2-3,6,8H2,1H3. The number of nitrogens with one attached hydrogen (secondary N) is 1. The first-order chi connectivity index (χ1) is 8.46. The quantitative estimate of drug-likeness (QED) is 0.816. The van der Waals surface area contributed by atoms with E-state index in [1.807, 2.05) is 19.1 Å². The fourth-order valence-electron chi connectivity index (χ4n) is 1.90. The van der Waals surface area contributed by atoms with Gasteiger partial charge in [-0.15, -0.1) is 0 Å². The average molecular weight is 381 g/mol. The van der Waals surface area contributed by atoms with Crippen LogP contribution in [0.5, 0.6) is 0 Å². The Bertz CT molecular complexity index is 524. The molecule has 1 heterocycles. The summed E-state index contributed by atoms with van der Waals surface area (Å²) in [5.74, 6) is 0.0391. The number of ether oxygens (including phenoxy) is 1. The lowest BCUT2D eigenvalue weighted by Gasteiger charge is -2.12. The molecule has 0 aromatic heterocycles. The molecule has 1 aliphatic heterocycles. The molecule has 1 aromatic carbocycles. The van der Waals surface area contributed by atoms with Crippen LogP contribution in [0.15, 0.2) is 18.2 Å². The van der Waals surface area contributed by atoms with Crippen molar-refractivity contribution in [3.8, 4) is 0 Å². The number of hydrogen-bond acceptors (Lipinski definition) is 3. The maximum absolute atomic E-state index is 12.0. The van der Waals surface area contributed by atoms with Gasteiger partial charge in [-0.3, -0.25) is 4.72 Å². The minimum absolute atomic E-state index is 0.0391.